The SMILES string of the molecule is CC(NC(=O)c1occc1CSc1ccccc1)c1cccc(NS(C)(=O)=O)c1. The molecule has 0 aliphatic heterocycles. The van der Waals surface area contributed by atoms with Crippen LogP contribution in [0.2, 0.25) is 0 Å². The number of hydrogen-bond acceptors (Lipinski definition) is 5. The van der Waals surface area contributed by atoms with Gasteiger partial charge in [-0.25, -0.2) is 8.42 Å². The van der Waals surface area contributed by atoms with Crippen LogP contribution in [0.25, 0.3) is 0 Å². The number of benzene rings is 2. The van der Waals surface area contributed by atoms with Gasteiger partial charge in [0.25, 0.3) is 5.91 Å². The van der Waals surface area contributed by atoms with E-state index in [1.54, 1.807) is 36.0 Å². The summed E-state index contributed by atoms with van der Waals surface area (Å²) in [6.07, 6.45) is 2.61. The Hall–Kier alpha value is -2.71. The summed E-state index contributed by atoms with van der Waals surface area (Å²) >= 11 is 1.63. The monoisotopic (exact) mass is 430 g/mol. The Balaban J connectivity index is 1.66. The third-order valence-electron chi connectivity index (χ3n) is 4.13. The number of sulfonamides is 1. The number of furan rings is 1. The summed E-state index contributed by atoms with van der Waals surface area (Å²) in [6.45, 7) is 1.83. The van der Waals surface area contributed by atoms with Crippen molar-refractivity contribution in [2.24, 2.45) is 0 Å². The Labute approximate surface area is 174 Å². The molecule has 0 fully saturated rings. The van der Waals surface area contributed by atoms with E-state index >= 15 is 0 Å². The minimum atomic E-state index is -3.37. The topological polar surface area (TPSA) is 88.4 Å². The second kappa shape index (κ2) is 9.19. The number of thioether (sulfide) groups is 1. The van der Waals surface area contributed by atoms with Gasteiger partial charge in [-0.2, -0.15) is 0 Å². The van der Waals surface area contributed by atoms with Crippen molar-refractivity contribution in [1.29, 1.82) is 0 Å². The highest BCUT2D eigenvalue weighted by Gasteiger charge is 2.18. The molecule has 29 heavy (non-hydrogen) atoms. The lowest BCUT2D eigenvalue weighted by Gasteiger charge is -2.15. The fraction of sp³-hybridized carbons (Fsp3) is 0.190. The van der Waals surface area contributed by atoms with Crippen molar-refractivity contribution in [3.8, 4) is 0 Å². The molecule has 1 aromatic heterocycles. The summed E-state index contributed by atoms with van der Waals surface area (Å²) in [4.78, 5) is 13.8. The fourth-order valence-electron chi connectivity index (χ4n) is 2.76. The molecule has 6 nitrogen and oxygen atoms in total. The quantitative estimate of drug-likeness (QED) is 0.516. The lowest BCUT2D eigenvalue weighted by Crippen LogP contribution is -2.27. The van der Waals surface area contributed by atoms with E-state index in [9.17, 15) is 13.2 Å². The zero-order chi connectivity index (χ0) is 20.9. The van der Waals surface area contributed by atoms with Crippen LogP contribution < -0.4 is 10.0 Å². The zero-order valence-corrected chi connectivity index (χ0v) is 17.7. The molecule has 0 spiro atoms. The molecule has 0 saturated carbocycles. The van der Waals surface area contributed by atoms with E-state index < -0.39 is 10.0 Å². The fourth-order valence-corrected chi connectivity index (χ4v) is 4.21. The summed E-state index contributed by atoms with van der Waals surface area (Å²) in [5, 5.41) is 2.91. The summed E-state index contributed by atoms with van der Waals surface area (Å²) in [7, 11) is -3.37. The number of carbonyl (C=O) groups is 1. The summed E-state index contributed by atoms with van der Waals surface area (Å²) in [5.41, 5.74) is 2.04. The van der Waals surface area contributed by atoms with E-state index in [-0.39, 0.29) is 17.7 Å². The van der Waals surface area contributed by atoms with E-state index in [4.69, 9.17) is 4.42 Å². The van der Waals surface area contributed by atoms with Crippen molar-refractivity contribution in [3.63, 3.8) is 0 Å². The first-order valence-electron chi connectivity index (χ1n) is 8.94. The highest BCUT2D eigenvalue weighted by Crippen LogP contribution is 2.25. The van der Waals surface area contributed by atoms with Gasteiger partial charge in [0.1, 0.15) is 0 Å². The van der Waals surface area contributed by atoms with Gasteiger partial charge in [-0.15, -0.1) is 11.8 Å². The van der Waals surface area contributed by atoms with Crippen molar-refractivity contribution in [3.05, 3.63) is 83.8 Å². The minimum absolute atomic E-state index is 0.283. The smallest absolute Gasteiger partial charge is 0.287 e. The molecule has 0 aliphatic carbocycles. The van der Waals surface area contributed by atoms with Gasteiger partial charge in [0.2, 0.25) is 10.0 Å². The van der Waals surface area contributed by atoms with Crippen LogP contribution in [-0.4, -0.2) is 20.6 Å². The van der Waals surface area contributed by atoms with Crippen LogP contribution in [0.4, 0.5) is 5.69 Å². The van der Waals surface area contributed by atoms with Crippen molar-refractivity contribution < 1.29 is 17.6 Å². The van der Waals surface area contributed by atoms with E-state index in [2.05, 4.69) is 10.0 Å². The lowest BCUT2D eigenvalue weighted by atomic mass is 10.1. The molecule has 0 aliphatic rings. The van der Waals surface area contributed by atoms with Gasteiger partial charge in [0.05, 0.1) is 18.6 Å². The Kier molecular flexibility index (Phi) is 6.66. The van der Waals surface area contributed by atoms with Crippen LogP contribution in [0, 0.1) is 0 Å². The summed E-state index contributed by atoms with van der Waals surface area (Å²) in [5.74, 6) is 0.587. The van der Waals surface area contributed by atoms with Crippen molar-refractivity contribution >= 4 is 33.4 Å². The molecule has 0 radical (unpaired) electrons. The number of carbonyl (C=O) groups excluding carboxylic acids is 1. The van der Waals surface area contributed by atoms with Crippen LogP contribution in [0.3, 0.4) is 0 Å². The number of hydrogen-bond donors (Lipinski definition) is 2. The van der Waals surface area contributed by atoms with E-state index in [0.29, 0.717) is 11.4 Å². The number of anilines is 1. The normalized spacial score (nSPS) is 12.3. The molecule has 8 heteroatoms. The molecule has 3 aromatic rings. The standard InChI is InChI=1S/C21H22N2O4S2/c1-15(16-7-6-8-18(13-16)23-29(2,25)26)22-21(24)20-17(11-12-27-20)14-28-19-9-4-3-5-10-19/h3-13,15,23H,14H2,1-2H3,(H,22,24). The highest BCUT2D eigenvalue weighted by atomic mass is 32.2. The first kappa shape index (κ1) is 21.0. The van der Waals surface area contributed by atoms with E-state index in [0.717, 1.165) is 22.3 Å². The van der Waals surface area contributed by atoms with Crippen molar-refractivity contribution in [1.82, 2.24) is 5.32 Å². The summed E-state index contributed by atoms with van der Waals surface area (Å²) < 4.78 is 30.7. The van der Waals surface area contributed by atoms with Gasteiger partial charge in [-0.3, -0.25) is 9.52 Å². The number of nitrogens with one attached hydrogen (secondary N) is 2. The first-order chi connectivity index (χ1) is 13.8. The Morgan fingerprint density at radius 1 is 1.10 bits per heavy atom. The molecule has 1 unspecified atom stereocenters. The highest BCUT2D eigenvalue weighted by molar-refractivity contribution is 7.98. The van der Waals surface area contributed by atoms with Crippen LogP contribution in [0.1, 0.15) is 34.6 Å². The first-order valence-corrected chi connectivity index (χ1v) is 11.8. The molecule has 2 N–H and O–H groups in total. The van der Waals surface area contributed by atoms with Crippen molar-refractivity contribution in [2.75, 3.05) is 11.0 Å². The van der Waals surface area contributed by atoms with Crippen LogP contribution >= 0.6 is 11.8 Å². The van der Waals surface area contributed by atoms with Gasteiger partial charge < -0.3 is 9.73 Å². The molecular formula is C21H22N2O4S2. The average Bonchev–Trinajstić information content (AvgIpc) is 3.15. The Morgan fingerprint density at radius 3 is 2.59 bits per heavy atom. The Bertz CT molecular complexity index is 1080. The number of amides is 1. The maximum atomic E-state index is 12.7. The second-order valence-electron chi connectivity index (χ2n) is 6.57. The molecule has 152 valence electrons. The largest absolute Gasteiger partial charge is 0.459 e. The molecular weight excluding hydrogens is 408 g/mol. The zero-order valence-electron chi connectivity index (χ0n) is 16.1. The van der Waals surface area contributed by atoms with Gasteiger partial charge in [-0.1, -0.05) is 30.3 Å². The molecule has 0 saturated heterocycles. The minimum Gasteiger partial charge on any atom is -0.459 e. The van der Waals surface area contributed by atoms with Gasteiger partial charge in [0.15, 0.2) is 5.76 Å². The third-order valence-corrected chi connectivity index (χ3v) is 5.80. The van der Waals surface area contributed by atoms with Gasteiger partial charge >= 0.3 is 0 Å². The predicted octanol–water partition coefficient (Wildman–Crippen LogP) is 4.43. The average molecular weight is 431 g/mol. The summed E-state index contributed by atoms with van der Waals surface area (Å²) in [6, 6.07) is 18.3. The molecule has 0 bridgehead atoms. The number of rotatable bonds is 8. The third kappa shape index (κ3) is 6.13. The van der Waals surface area contributed by atoms with Gasteiger partial charge in [-0.05, 0) is 42.8 Å². The predicted molar refractivity (Wildman–Crippen MR) is 116 cm³/mol. The van der Waals surface area contributed by atoms with Crippen LogP contribution in [0.5, 0.6) is 0 Å². The Morgan fingerprint density at radius 2 is 1.86 bits per heavy atom. The molecule has 1 heterocycles. The van der Waals surface area contributed by atoms with Crippen LogP contribution in [0.15, 0.2) is 76.2 Å². The van der Waals surface area contributed by atoms with E-state index in [1.807, 2.05) is 43.3 Å². The molecule has 1 amide bonds. The molecule has 2 aromatic carbocycles. The maximum absolute atomic E-state index is 12.7. The van der Waals surface area contributed by atoms with Gasteiger partial charge in [0, 0.05) is 21.9 Å². The maximum Gasteiger partial charge on any atom is 0.287 e. The van der Waals surface area contributed by atoms with Crippen LogP contribution in [-0.2, 0) is 15.8 Å². The lowest BCUT2D eigenvalue weighted by molar-refractivity contribution is 0.0911. The second-order valence-corrected chi connectivity index (χ2v) is 9.37. The van der Waals surface area contributed by atoms with Crippen molar-refractivity contribution in [2.45, 2.75) is 23.6 Å². The van der Waals surface area contributed by atoms with E-state index in [1.165, 1.54) is 6.26 Å². The molecule has 3 rings (SSSR count). The molecule has 1 atom stereocenters.